The van der Waals surface area contributed by atoms with Crippen molar-refractivity contribution in [2.24, 2.45) is 5.92 Å². The van der Waals surface area contributed by atoms with Crippen molar-refractivity contribution in [3.63, 3.8) is 0 Å². The summed E-state index contributed by atoms with van der Waals surface area (Å²) < 4.78 is 5.10. The minimum Gasteiger partial charge on any atom is -0.444 e. The van der Waals surface area contributed by atoms with E-state index < -0.39 is 11.7 Å². The fourth-order valence-corrected chi connectivity index (χ4v) is 1.54. The smallest absolute Gasteiger partial charge is 0.407 e. The summed E-state index contributed by atoms with van der Waals surface area (Å²) in [5.41, 5.74) is -0.464. The molecule has 1 amide bonds. The first-order valence-corrected chi connectivity index (χ1v) is 5.28. The molecule has 15 heavy (non-hydrogen) atoms. The largest absolute Gasteiger partial charge is 0.444 e. The zero-order valence-electron chi connectivity index (χ0n) is 9.79. The number of carbonyl (C=O) groups excluding carboxylic acids is 2. The number of ketones is 1. The highest BCUT2D eigenvalue weighted by Gasteiger charge is 2.34. The van der Waals surface area contributed by atoms with E-state index >= 15 is 0 Å². The van der Waals surface area contributed by atoms with Crippen LogP contribution >= 0.6 is 0 Å². The number of nitrogens with one attached hydrogen (secondary N) is 1. The molecule has 0 unspecified atom stereocenters. The lowest BCUT2D eigenvalue weighted by molar-refractivity contribution is -0.123. The molecule has 0 radical (unpaired) electrons. The summed E-state index contributed by atoms with van der Waals surface area (Å²) >= 11 is 0. The van der Waals surface area contributed by atoms with Crippen LogP contribution in [0.3, 0.4) is 0 Å². The van der Waals surface area contributed by atoms with Crippen LogP contribution in [0.4, 0.5) is 4.79 Å². The Morgan fingerprint density at radius 2 is 1.80 bits per heavy atom. The van der Waals surface area contributed by atoms with Gasteiger partial charge < -0.3 is 10.1 Å². The first kappa shape index (κ1) is 12.0. The van der Waals surface area contributed by atoms with E-state index in [9.17, 15) is 9.59 Å². The van der Waals surface area contributed by atoms with Gasteiger partial charge in [0.05, 0.1) is 0 Å². The highest BCUT2D eigenvalue weighted by atomic mass is 16.6. The van der Waals surface area contributed by atoms with E-state index in [1.165, 1.54) is 0 Å². The van der Waals surface area contributed by atoms with Crippen LogP contribution in [0.1, 0.15) is 40.5 Å². The molecule has 0 aliphatic heterocycles. The molecule has 0 spiro atoms. The van der Waals surface area contributed by atoms with Crippen LogP contribution in [0.25, 0.3) is 0 Å². The summed E-state index contributed by atoms with van der Waals surface area (Å²) in [6.45, 7) is 7.07. The van der Waals surface area contributed by atoms with E-state index in [-0.39, 0.29) is 17.7 Å². The summed E-state index contributed by atoms with van der Waals surface area (Å²) in [6.07, 6.45) is 1.10. The van der Waals surface area contributed by atoms with Gasteiger partial charge >= 0.3 is 6.09 Å². The fourth-order valence-electron chi connectivity index (χ4n) is 1.54. The highest BCUT2D eigenvalue weighted by molar-refractivity contribution is 5.79. The Kier molecular flexibility index (Phi) is 3.37. The Bertz CT molecular complexity index is 261. The zero-order valence-corrected chi connectivity index (χ0v) is 9.79. The highest BCUT2D eigenvalue weighted by Crippen LogP contribution is 2.28. The number of carbonyl (C=O) groups is 2. The third-order valence-electron chi connectivity index (χ3n) is 2.43. The Morgan fingerprint density at radius 1 is 1.27 bits per heavy atom. The van der Waals surface area contributed by atoms with Gasteiger partial charge in [0.25, 0.3) is 0 Å². The van der Waals surface area contributed by atoms with E-state index in [2.05, 4.69) is 5.32 Å². The van der Waals surface area contributed by atoms with Crippen molar-refractivity contribution < 1.29 is 14.3 Å². The van der Waals surface area contributed by atoms with Gasteiger partial charge in [-0.15, -0.1) is 0 Å². The van der Waals surface area contributed by atoms with Gasteiger partial charge in [0, 0.05) is 12.0 Å². The van der Waals surface area contributed by atoms with E-state index in [0.29, 0.717) is 0 Å². The van der Waals surface area contributed by atoms with Crippen LogP contribution in [0.2, 0.25) is 0 Å². The summed E-state index contributed by atoms with van der Waals surface area (Å²) in [7, 11) is 0. The standard InChI is InChI=1S/C11H19NO3/c1-7(13)8-5-9(6-8)12-10(14)15-11(2,3)4/h8-9H,5-6H2,1-4H3,(H,12,14). The molecule has 1 aliphatic rings. The molecule has 1 saturated carbocycles. The second-order valence-electron chi connectivity index (χ2n) is 5.12. The van der Waals surface area contributed by atoms with Crippen molar-refractivity contribution >= 4 is 11.9 Å². The van der Waals surface area contributed by atoms with Crippen LogP contribution in [0.5, 0.6) is 0 Å². The summed E-state index contributed by atoms with van der Waals surface area (Å²) in [6, 6.07) is 0.105. The van der Waals surface area contributed by atoms with Crippen LogP contribution in [0.15, 0.2) is 0 Å². The van der Waals surface area contributed by atoms with Crippen molar-refractivity contribution in [3.05, 3.63) is 0 Å². The first-order chi connectivity index (χ1) is 6.78. The molecule has 0 bridgehead atoms. The maximum Gasteiger partial charge on any atom is 0.407 e. The average Bonchev–Trinajstić information content (AvgIpc) is 1.91. The summed E-state index contributed by atoms with van der Waals surface area (Å²) in [5, 5.41) is 2.74. The molecule has 0 aromatic carbocycles. The number of rotatable bonds is 2. The molecule has 1 N–H and O–H groups in total. The van der Waals surface area contributed by atoms with Gasteiger partial charge in [-0.1, -0.05) is 0 Å². The Hall–Kier alpha value is -1.06. The third kappa shape index (κ3) is 3.90. The molecule has 86 valence electrons. The Labute approximate surface area is 90.4 Å². The van der Waals surface area contributed by atoms with Crippen LogP contribution < -0.4 is 5.32 Å². The Balaban J connectivity index is 2.22. The SMILES string of the molecule is CC(=O)C1CC(NC(=O)OC(C)(C)C)C1. The summed E-state index contributed by atoms with van der Waals surface area (Å²) in [4.78, 5) is 22.3. The lowest BCUT2D eigenvalue weighted by Gasteiger charge is -2.34. The monoisotopic (exact) mass is 213 g/mol. The molecule has 0 aromatic rings. The van der Waals surface area contributed by atoms with Crippen molar-refractivity contribution in [2.75, 3.05) is 0 Å². The van der Waals surface area contributed by atoms with Gasteiger partial charge in [-0.3, -0.25) is 4.79 Å². The van der Waals surface area contributed by atoms with E-state index in [4.69, 9.17) is 4.74 Å². The second kappa shape index (κ2) is 4.21. The molecule has 1 rings (SSSR count). The maximum absolute atomic E-state index is 11.3. The van der Waals surface area contributed by atoms with Gasteiger partial charge in [0.1, 0.15) is 11.4 Å². The minimum absolute atomic E-state index is 0.105. The number of alkyl carbamates (subject to hydrolysis) is 1. The van der Waals surface area contributed by atoms with Gasteiger partial charge in [-0.2, -0.15) is 0 Å². The van der Waals surface area contributed by atoms with Crippen molar-refractivity contribution in [3.8, 4) is 0 Å². The summed E-state index contributed by atoms with van der Waals surface area (Å²) in [5.74, 6) is 0.335. The zero-order chi connectivity index (χ0) is 11.6. The molecule has 1 fully saturated rings. The van der Waals surface area contributed by atoms with Gasteiger partial charge in [0.2, 0.25) is 0 Å². The molecule has 0 heterocycles. The minimum atomic E-state index is -0.464. The number of amides is 1. The predicted octanol–water partition coefficient (Wildman–Crippen LogP) is 1.88. The predicted molar refractivity (Wildman–Crippen MR) is 56.6 cm³/mol. The van der Waals surface area contributed by atoms with Crippen LogP contribution in [0, 0.1) is 5.92 Å². The van der Waals surface area contributed by atoms with Crippen molar-refractivity contribution in [1.29, 1.82) is 0 Å². The van der Waals surface area contributed by atoms with E-state index in [0.717, 1.165) is 12.8 Å². The molecule has 1 aliphatic carbocycles. The third-order valence-corrected chi connectivity index (χ3v) is 2.43. The topological polar surface area (TPSA) is 55.4 Å². The molecule has 0 atom stereocenters. The normalized spacial score (nSPS) is 25.3. The van der Waals surface area contributed by atoms with Crippen LogP contribution in [-0.2, 0) is 9.53 Å². The maximum atomic E-state index is 11.3. The van der Waals surface area contributed by atoms with Crippen molar-refractivity contribution in [2.45, 2.75) is 52.2 Å². The first-order valence-electron chi connectivity index (χ1n) is 5.28. The van der Waals surface area contributed by atoms with Crippen LogP contribution in [-0.4, -0.2) is 23.5 Å². The lowest BCUT2D eigenvalue weighted by atomic mass is 9.78. The van der Waals surface area contributed by atoms with Crippen molar-refractivity contribution in [1.82, 2.24) is 5.32 Å². The molecule has 0 saturated heterocycles. The molecule has 4 nitrogen and oxygen atoms in total. The fraction of sp³-hybridized carbons (Fsp3) is 0.818. The molecular formula is C11H19NO3. The molecular weight excluding hydrogens is 194 g/mol. The Morgan fingerprint density at radius 3 is 2.20 bits per heavy atom. The molecule has 0 aromatic heterocycles. The quantitative estimate of drug-likeness (QED) is 0.762. The number of ether oxygens (including phenoxy) is 1. The van der Waals surface area contributed by atoms with E-state index in [1.54, 1.807) is 6.92 Å². The number of hydrogen-bond acceptors (Lipinski definition) is 3. The number of hydrogen-bond donors (Lipinski definition) is 1. The van der Waals surface area contributed by atoms with Gasteiger partial charge in [-0.05, 0) is 40.5 Å². The average molecular weight is 213 g/mol. The molecule has 4 heteroatoms. The van der Waals surface area contributed by atoms with E-state index in [1.807, 2.05) is 20.8 Å². The second-order valence-corrected chi connectivity index (χ2v) is 5.12. The van der Waals surface area contributed by atoms with Gasteiger partial charge in [0.15, 0.2) is 0 Å². The van der Waals surface area contributed by atoms with Gasteiger partial charge in [-0.25, -0.2) is 4.79 Å². The number of Topliss-reactive ketones (excluding diaryl/α,β-unsaturated/α-hetero) is 1. The lowest BCUT2D eigenvalue weighted by Crippen LogP contribution is -2.47.